The molecule has 0 aliphatic heterocycles. The second-order valence-electron chi connectivity index (χ2n) is 5.41. The molecule has 23 heavy (non-hydrogen) atoms. The molecular weight excluding hydrogens is 311 g/mol. The molecule has 0 atom stereocenters. The Kier molecular flexibility index (Phi) is 3.50. The minimum atomic E-state index is -0.480. The molecular formula is C18H15FN2OS. The van der Waals surface area contributed by atoms with Crippen LogP contribution in [-0.2, 0) is 0 Å². The number of halogens is 1. The normalized spacial score (nSPS) is 11.4. The summed E-state index contributed by atoms with van der Waals surface area (Å²) in [7, 11) is 0. The molecule has 0 radical (unpaired) electrons. The van der Waals surface area contributed by atoms with Crippen molar-refractivity contribution in [2.45, 2.75) is 6.92 Å². The minimum absolute atomic E-state index is 0.0889. The number of hydrogen-bond acceptors (Lipinski definition) is 3. The fourth-order valence-corrected chi connectivity index (χ4v) is 3.63. The Morgan fingerprint density at radius 2 is 2.00 bits per heavy atom. The first kappa shape index (κ1) is 14.2. The van der Waals surface area contributed by atoms with Crippen LogP contribution in [0.1, 0.15) is 5.56 Å². The second-order valence-corrected chi connectivity index (χ2v) is 6.42. The lowest BCUT2D eigenvalue weighted by molar-refractivity contribution is 0.273. The van der Waals surface area contributed by atoms with E-state index in [0.717, 1.165) is 26.4 Å². The van der Waals surface area contributed by atoms with E-state index in [1.165, 1.54) is 5.56 Å². The lowest BCUT2D eigenvalue weighted by Gasteiger charge is -2.02. The first-order chi connectivity index (χ1) is 11.2. The van der Waals surface area contributed by atoms with Crippen molar-refractivity contribution >= 4 is 26.5 Å². The van der Waals surface area contributed by atoms with Gasteiger partial charge in [-0.15, -0.1) is 0 Å². The van der Waals surface area contributed by atoms with E-state index in [1.807, 2.05) is 18.2 Å². The summed E-state index contributed by atoms with van der Waals surface area (Å²) >= 11 is 1.61. The number of fused-ring (bicyclic) bond motifs is 3. The van der Waals surface area contributed by atoms with Gasteiger partial charge >= 0.3 is 0 Å². The molecule has 0 aliphatic rings. The highest BCUT2D eigenvalue weighted by atomic mass is 32.1. The minimum Gasteiger partial charge on any atom is -0.491 e. The molecule has 2 heterocycles. The van der Waals surface area contributed by atoms with Crippen molar-refractivity contribution in [3.8, 4) is 17.0 Å². The Labute approximate surface area is 137 Å². The highest BCUT2D eigenvalue weighted by molar-refractivity contribution is 7.23. The summed E-state index contributed by atoms with van der Waals surface area (Å²) in [6.07, 6.45) is 2.06. The van der Waals surface area contributed by atoms with Gasteiger partial charge in [-0.2, -0.15) is 0 Å². The van der Waals surface area contributed by atoms with Crippen LogP contribution in [0.2, 0.25) is 0 Å². The third-order valence-corrected chi connectivity index (χ3v) is 4.78. The number of alkyl halides is 1. The molecule has 116 valence electrons. The molecule has 0 N–H and O–H groups in total. The lowest BCUT2D eigenvalue weighted by atomic mass is 10.1. The van der Waals surface area contributed by atoms with Crippen molar-refractivity contribution in [3.63, 3.8) is 0 Å². The zero-order valence-corrected chi connectivity index (χ0v) is 13.4. The van der Waals surface area contributed by atoms with E-state index in [2.05, 4.69) is 41.8 Å². The molecule has 0 unspecified atom stereocenters. The first-order valence-corrected chi connectivity index (χ1v) is 8.24. The third-order valence-electron chi connectivity index (χ3n) is 3.76. The van der Waals surface area contributed by atoms with E-state index >= 15 is 0 Å². The van der Waals surface area contributed by atoms with E-state index in [4.69, 9.17) is 9.72 Å². The summed E-state index contributed by atoms with van der Waals surface area (Å²) in [5.74, 6) is 0.693. The number of ether oxygens (including phenoxy) is 1. The number of aryl methyl sites for hydroxylation is 1. The number of aromatic nitrogens is 2. The number of imidazole rings is 1. The number of nitrogens with zero attached hydrogens (tertiary/aromatic N) is 2. The maximum Gasteiger partial charge on any atom is 0.195 e. The van der Waals surface area contributed by atoms with Gasteiger partial charge in [-0.1, -0.05) is 41.2 Å². The van der Waals surface area contributed by atoms with Crippen LogP contribution >= 0.6 is 11.3 Å². The lowest BCUT2D eigenvalue weighted by Crippen LogP contribution is -1.98. The van der Waals surface area contributed by atoms with Gasteiger partial charge in [0.1, 0.15) is 19.0 Å². The second kappa shape index (κ2) is 5.66. The Hall–Kier alpha value is -2.40. The van der Waals surface area contributed by atoms with Gasteiger partial charge < -0.3 is 4.74 Å². The average molecular weight is 326 g/mol. The molecule has 0 spiro atoms. The zero-order valence-electron chi connectivity index (χ0n) is 12.6. The first-order valence-electron chi connectivity index (χ1n) is 7.42. The maximum absolute atomic E-state index is 12.2. The van der Waals surface area contributed by atoms with Crippen LogP contribution in [0, 0.1) is 6.92 Å². The molecule has 3 nitrogen and oxygen atoms in total. The summed E-state index contributed by atoms with van der Waals surface area (Å²) < 4.78 is 20.7. The van der Waals surface area contributed by atoms with Gasteiger partial charge in [0.25, 0.3) is 0 Å². The molecule has 5 heteroatoms. The molecule has 0 amide bonds. The van der Waals surface area contributed by atoms with E-state index in [0.29, 0.717) is 5.75 Å². The standard InChI is InChI=1S/C18H15FN2OS/c1-12-2-4-13(5-3-12)15-11-21-16-7-6-14(22-9-8-19)10-17(16)23-18(21)20-15/h2-7,10-11H,8-9H2,1H3. The molecule has 4 aromatic rings. The zero-order chi connectivity index (χ0) is 15.8. The fourth-order valence-electron chi connectivity index (χ4n) is 2.59. The molecule has 4 rings (SSSR count). The topological polar surface area (TPSA) is 26.5 Å². The average Bonchev–Trinajstić information content (AvgIpc) is 3.10. The van der Waals surface area contributed by atoms with Crippen molar-refractivity contribution in [3.05, 3.63) is 54.2 Å². The van der Waals surface area contributed by atoms with Gasteiger partial charge in [0, 0.05) is 11.8 Å². The van der Waals surface area contributed by atoms with Gasteiger partial charge in [-0.3, -0.25) is 4.40 Å². The fraction of sp³-hybridized carbons (Fsp3) is 0.167. The molecule has 2 aromatic carbocycles. The molecule has 0 saturated carbocycles. The van der Waals surface area contributed by atoms with E-state index in [9.17, 15) is 4.39 Å². The predicted molar refractivity (Wildman–Crippen MR) is 92.2 cm³/mol. The van der Waals surface area contributed by atoms with Crippen LogP contribution in [0.3, 0.4) is 0 Å². The van der Waals surface area contributed by atoms with Gasteiger partial charge in [0.2, 0.25) is 0 Å². The molecule has 0 bridgehead atoms. The summed E-state index contributed by atoms with van der Waals surface area (Å²) in [4.78, 5) is 5.67. The molecule has 0 saturated heterocycles. The quantitative estimate of drug-likeness (QED) is 0.535. The van der Waals surface area contributed by atoms with Gasteiger partial charge in [0.05, 0.1) is 15.9 Å². The van der Waals surface area contributed by atoms with E-state index < -0.39 is 6.67 Å². The van der Waals surface area contributed by atoms with Crippen molar-refractivity contribution in [1.29, 1.82) is 0 Å². The summed E-state index contributed by atoms with van der Waals surface area (Å²) in [6.45, 7) is 1.68. The Morgan fingerprint density at radius 3 is 2.78 bits per heavy atom. The van der Waals surface area contributed by atoms with Crippen molar-refractivity contribution in [2.24, 2.45) is 0 Å². The van der Waals surface area contributed by atoms with Gasteiger partial charge in [-0.05, 0) is 25.1 Å². The SMILES string of the molecule is Cc1ccc(-c2cn3c(n2)sc2cc(OCCF)ccc23)cc1. The highest BCUT2D eigenvalue weighted by Gasteiger charge is 2.11. The van der Waals surface area contributed by atoms with E-state index in [1.54, 1.807) is 11.3 Å². The summed E-state index contributed by atoms with van der Waals surface area (Å²) in [5, 5.41) is 0. The van der Waals surface area contributed by atoms with Crippen molar-refractivity contribution < 1.29 is 9.13 Å². The number of hydrogen-bond donors (Lipinski definition) is 0. The number of rotatable bonds is 4. The van der Waals surface area contributed by atoms with Gasteiger partial charge in [0.15, 0.2) is 4.96 Å². The monoisotopic (exact) mass is 326 g/mol. The Morgan fingerprint density at radius 1 is 1.17 bits per heavy atom. The van der Waals surface area contributed by atoms with Crippen LogP contribution in [-0.4, -0.2) is 22.7 Å². The number of thiazole rings is 1. The molecule has 0 aliphatic carbocycles. The largest absolute Gasteiger partial charge is 0.491 e. The predicted octanol–water partition coefficient (Wildman–Crippen LogP) is 4.87. The van der Waals surface area contributed by atoms with Crippen LogP contribution in [0.15, 0.2) is 48.7 Å². The Balaban J connectivity index is 1.76. The third kappa shape index (κ3) is 2.57. The van der Waals surface area contributed by atoms with E-state index in [-0.39, 0.29) is 6.61 Å². The molecule has 2 aromatic heterocycles. The summed E-state index contributed by atoms with van der Waals surface area (Å²) in [6, 6.07) is 14.2. The summed E-state index contributed by atoms with van der Waals surface area (Å²) in [5.41, 5.74) is 4.41. The van der Waals surface area contributed by atoms with Crippen molar-refractivity contribution in [2.75, 3.05) is 13.3 Å². The smallest absolute Gasteiger partial charge is 0.195 e. The maximum atomic E-state index is 12.2. The van der Waals surface area contributed by atoms with Crippen molar-refractivity contribution in [1.82, 2.24) is 9.38 Å². The Bertz CT molecular complexity index is 972. The number of benzene rings is 2. The van der Waals surface area contributed by atoms with Crippen LogP contribution < -0.4 is 4.74 Å². The highest BCUT2D eigenvalue weighted by Crippen LogP contribution is 2.31. The van der Waals surface area contributed by atoms with Gasteiger partial charge in [-0.25, -0.2) is 9.37 Å². The molecule has 0 fully saturated rings. The van der Waals surface area contributed by atoms with Crippen LogP contribution in [0.25, 0.3) is 26.4 Å². The van der Waals surface area contributed by atoms with Crippen LogP contribution in [0.5, 0.6) is 5.75 Å². The van der Waals surface area contributed by atoms with Crippen LogP contribution in [0.4, 0.5) is 4.39 Å².